The van der Waals surface area contributed by atoms with Gasteiger partial charge in [-0.15, -0.1) is 12.3 Å². The minimum Gasteiger partial charge on any atom is -0.290 e. The second kappa shape index (κ2) is 19.5. The minimum atomic E-state index is -0.489. The number of benzene rings is 10. The number of rotatable bonds is 2. The Morgan fingerprint density at radius 1 is 0.603 bits per heavy atom. The SMILES string of the molecule is C#Cc1ccc(C#Cc2ccc3ccc4cccc5ccc2c3c45)cc1F.C=CC(=O)C=CC.CC#Cc1ccc2ccc3cccc4ccc1c2c34.N#Cc1ccc(Br)cc1F. The highest BCUT2D eigenvalue weighted by molar-refractivity contribution is 9.10. The fourth-order valence-corrected chi connectivity index (χ4v) is 7.82. The zero-order valence-corrected chi connectivity index (χ0v) is 35.9. The number of terminal acetylenes is 1. The maximum Gasteiger partial charge on any atom is 0.177 e. The number of nitrogens with zero attached hydrogens (tertiary/aromatic N) is 1. The first-order valence-electron chi connectivity index (χ1n) is 19.9. The molecule has 0 bridgehead atoms. The molecule has 10 rings (SSSR count). The van der Waals surface area contributed by atoms with E-state index >= 15 is 0 Å². The van der Waals surface area contributed by atoms with Crippen LogP contribution in [0.15, 0.2) is 175 Å². The summed E-state index contributed by atoms with van der Waals surface area (Å²) >= 11 is 3.08. The summed E-state index contributed by atoms with van der Waals surface area (Å²) in [4.78, 5) is 10.2. The van der Waals surface area contributed by atoms with Gasteiger partial charge in [0.15, 0.2) is 5.78 Å². The summed E-state index contributed by atoms with van der Waals surface area (Å²) in [5, 5.41) is 23.4. The van der Waals surface area contributed by atoms with Gasteiger partial charge in [-0.05, 0) is 139 Å². The van der Waals surface area contributed by atoms with Gasteiger partial charge in [-0.1, -0.05) is 149 Å². The van der Waals surface area contributed by atoms with Gasteiger partial charge >= 0.3 is 0 Å². The Kier molecular flexibility index (Phi) is 13.4. The zero-order chi connectivity index (χ0) is 44.5. The van der Waals surface area contributed by atoms with Gasteiger partial charge in [0.1, 0.15) is 17.7 Å². The first-order valence-corrected chi connectivity index (χ1v) is 20.7. The van der Waals surface area contributed by atoms with Gasteiger partial charge in [0, 0.05) is 21.2 Å². The van der Waals surface area contributed by atoms with Gasteiger partial charge in [0.25, 0.3) is 0 Å². The lowest BCUT2D eigenvalue weighted by Gasteiger charge is -2.11. The quantitative estimate of drug-likeness (QED) is 0.0986. The molecule has 63 heavy (non-hydrogen) atoms. The molecule has 0 radical (unpaired) electrons. The predicted molar refractivity (Wildman–Crippen MR) is 262 cm³/mol. The molecule has 0 saturated carbocycles. The molecule has 0 fully saturated rings. The van der Waals surface area contributed by atoms with E-state index in [9.17, 15) is 13.6 Å². The van der Waals surface area contributed by atoms with E-state index in [0.717, 1.165) is 16.5 Å². The molecule has 300 valence electrons. The van der Waals surface area contributed by atoms with Crippen LogP contribution in [0.3, 0.4) is 0 Å². The Balaban J connectivity index is 0.000000143. The molecular formula is C58H36BrF2NO. The summed E-state index contributed by atoms with van der Waals surface area (Å²) in [6.07, 6.45) is 9.70. The van der Waals surface area contributed by atoms with Crippen LogP contribution >= 0.6 is 15.9 Å². The molecule has 2 nitrogen and oxygen atoms in total. The van der Waals surface area contributed by atoms with Gasteiger partial charge < -0.3 is 0 Å². The minimum absolute atomic E-state index is 0.0394. The third-order valence-electron chi connectivity index (χ3n) is 10.4. The highest BCUT2D eigenvalue weighted by atomic mass is 79.9. The molecule has 0 aliphatic heterocycles. The second-order valence-corrected chi connectivity index (χ2v) is 15.2. The average molecular weight is 881 g/mol. The smallest absolute Gasteiger partial charge is 0.177 e. The number of nitriles is 1. The molecule has 0 saturated heterocycles. The van der Waals surface area contributed by atoms with Crippen LogP contribution in [0.2, 0.25) is 0 Å². The molecule has 0 heterocycles. The first-order chi connectivity index (χ1) is 30.7. The average Bonchev–Trinajstić information content (AvgIpc) is 3.31. The number of carbonyl (C=O) groups excluding carboxylic acids is 1. The van der Waals surface area contributed by atoms with Gasteiger partial charge in [-0.3, -0.25) is 4.79 Å². The van der Waals surface area contributed by atoms with E-state index in [1.165, 1.54) is 89.6 Å². The summed E-state index contributed by atoms with van der Waals surface area (Å²) in [5.41, 5.74) is 2.99. The largest absolute Gasteiger partial charge is 0.290 e. The Morgan fingerprint density at radius 2 is 1.06 bits per heavy atom. The number of halogens is 3. The van der Waals surface area contributed by atoms with Crippen LogP contribution in [0.5, 0.6) is 0 Å². The Hall–Kier alpha value is -8.06. The Labute approximate surface area is 373 Å². The number of hydrogen-bond donors (Lipinski definition) is 0. The van der Waals surface area contributed by atoms with Crippen molar-refractivity contribution in [3.05, 3.63) is 214 Å². The lowest BCUT2D eigenvalue weighted by atomic mass is 9.92. The molecule has 0 spiro atoms. The van der Waals surface area contributed by atoms with Gasteiger partial charge in [-0.2, -0.15) is 5.26 Å². The van der Waals surface area contributed by atoms with Gasteiger partial charge in [0.2, 0.25) is 0 Å². The third kappa shape index (κ3) is 9.32. The second-order valence-electron chi connectivity index (χ2n) is 14.2. The lowest BCUT2D eigenvalue weighted by molar-refractivity contribution is -0.110. The molecule has 0 aliphatic carbocycles. The first kappa shape index (κ1) is 43.0. The molecule has 10 aromatic rings. The molecule has 0 unspecified atom stereocenters. The van der Waals surface area contributed by atoms with E-state index < -0.39 is 11.6 Å². The maximum atomic E-state index is 13.9. The molecule has 0 atom stereocenters. The third-order valence-corrected chi connectivity index (χ3v) is 10.9. The van der Waals surface area contributed by atoms with Crippen molar-refractivity contribution >= 4 is 86.3 Å². The molecule has 0 N–H and O–H groups in total. The van der Waals surface area contributed by atoms with Crippen LogP contribution in [0.1, 0.15) is 41.7 Å². The Bertz CT molecular complexity index is 3570. The van der Waals surface area contributed by atoms with Crippen LogP contribution < -0.4 is 0 Å². The Morgan fingerprint density at radius 3 is 1.51 bits per heavy atom. The van der Waals surface area contributed by atoms with Crippen molar-refractivity contribution in [3.63, 3.8) is 0 Å². The summed E-state index contributed by atoms with van der Waals surface area (Å²) < 4.78 is 27.1. The van der Waals surface area contributed by atoms with E-state index in [2.05, 4.69) is 155 Å². The number of allylic oxidation sites excluding steroid dienone is 3. The highest BCUT2D eigenvalue weighted by Gasteiger charge is 2.11. The van der Waals surface area contributed by atoms with Crippen LogP contribution in [0.25, 0.3) is 64.6 Å². The van der Waals surface area contributed by atoms with Crippen LogP contribution in [0, 0.1) is 59.0 Å². The standard InChI is InChI=1S/C26H13F.C19H12.C7H3BrFN.C6H8O/c1-2-18-8-6-17(16-24(18)27)7-9-19-10-11-22-13-12-20-4-3-5-21-14-15-23(19)26(22)25(20)21;1-2-4-13-7-8-16-10-9-14-5-3-6-15-11-12-17(13)19(16)18(14)15;8-6-2-1-5(4-10)7(9)3-6;1-3-5-6(7)4-2/h1,3-6,8,10-16H;3,5-12H,1H3;1-3H;3-5H,2H2,1H3. The number of carbonyl (C=O) groups is 1. The fraction of sp³-hybridized carbons (Fsp3) is 0.0345. The topological polar surface area (TPSA) is 40.9 Å². The molecule has 0 aliphatic rings. The van der Waals surface area contributed by atoms with Crippen molar-refractivity contribution in [1.29, 1.82) is 5.26 Å². The van der Waals surface area contributed by atoms with Crippen LogP contribution in [-0.2, 0) is 4.79 Å². The summed E-state index contributed by atoms with van der Waals surface area (Å²) in [7, 11) is 0. The predicted octanol–water partition coefficient (Wildman–Crippen LogP) is 14.8. The fourth-order valence-electron chi connectivity index (χ4n) is 7.49. The van der Waals surface area contributed by atoms with Gasteiger partial charge in [-0.25, -0.2) is 8.78 Å². The van der Waals surface area contributed by atoms with Crippen LogP contribution in [-0.4, -0.2) is 5.78 Å². The molecule has 0 amide bonds. The molecule has 10 aromatic carbocycles. The molecular weight excluding hydrogens is 845 g/mol. The van der Waals surface area contributed by atoms with E-state index in [0.29, 0.717) is 10.0 Å². The summed E-state index contributed by atoms with van der Waals surface area (Å²) in [6, 6.07) is 49.4. The van der Waals surface area contributed by atoms with Crippen molar-refractivity contribution in [2.24, 2.45) is 0 Å². The van der Waals surface area contributed by atoms with E-state index in [4.69, 9.17) is 11.7 Å². The number of hydrogen-bond acceptors (Lipinski definition) is 2. The van der Waals surface area contributed by atoms with E-state index in [1.807, 2.05) is 13.0 Å². The monoisotopic (exact) mass is 879 g/mol. The molecule has 5 heteroatoms. The van der Waals surface area contributed by atoms with Crippen molar-refractivity contribution in [2.45, 2.75) is 13.8 Å². The van der Waals surface area contributed by atoms with Crippen molar-refractivity contribution < 1.29 is 13.6 Å². The van der Waals surface area contributed by atoms with Crippen molar-refractivity contribution in [2.75, 3.05) is 0 Å². The lowest BCUT2D eigenvalue weighted by Crippen LogP contribution is -1.87. The van der Waals surface area contributed by atoms with Crippen LogP contribution in [0.4, 0.5) is 8.78 Å². The van der Waals surface area contributed by atoms with E-state index in [-0.39, 0.29) is 16.9 Å². The number of ketones is 1. The van der Waals surface area contributed by atoms with E-state index in [1.54, 1.807) is 37.3 Å². The highest BCUT2D eigenvalue weighted by Crippen LogP contribution is 2.37. The zero-order valence-electron chi connectivity index (χ0n) is 34.4. The van der Waals surface area contributed by atoms with Crippen molar-refractivity contribution in [3.8, 4) is 42.1 Å². The maximum absolute atomic E-state index is 13.9. The normalized spacial score (nSPS) is 10.4. The van der Waals surface area contributed by atoms with Crippen molar-refractivity contribution in [1.82, 2.24) is 0 Å². The van der Waals surface area contributed by atoms with Gasteiger partial charge in [0.05, 0.1) is 11.1 Å². The molecule has 0 aromatic heterocycles. The summed E-state index contributed by atoms with van der Waals surface area (Å²) in [6.45, 7) is 6.96. The summed E-state index contributed by atoms with van der Waals surface area (Å²) in [5.74, 6) is 13.9.